The van der Waals surface area contributed by atoms with Gasteiger partial charge < -0.3 is 39.8 Å². The van der Waals surface area contributed by atoms with Gasteiger partial charge in [-0.25, -0.2) is 0 Å². The average Bonchev–Trinajstić information content (AvgIpc) is 2.84. The van der Waals surface area contributed by atoms with E-state index in [9.17, 15) is 14.4 Å². The summed E-state index contributed by atoms with van der Waals surface area (Å²) in [7, 11) is 2.00. The normalized spacial score (nSPS) is 12.3. The van der Waals surface area contributed by atoms with Crippen molar-refractivity contribution in [1.82, 2.24) is 14.8 Å². The van der Waals surface area contributed by atoms with Crippen molar-refractivity contribution in [3.8, 4) is 0 Å². The number of hydrogen-bond donors (Lipinski definition) is 3. The molecular weight excluding hydrogens is 480 g/mol. The van der Waals surface area contributed by atoms with Crippen molar-refractivity contribution in [1.29, 1.82) is 0 Å². The third kappa shape index (κ3) is 15.5. The zero-order valence-corrected chi connectivity index (χ0v) is 22.7. The predicted molar refractivity (Wildman–Crippen MR) is 142 cm³/mol. The highest BCUT2D eigenvalue weighted by atomic mass is 16.5. The number of hydrogen-bond acceptors (Lipinski definition) is 8. The Morgan fingerprint density at radius 3 is 2.30 bits per heavy atom. The third-order valence-electron chi connectivity index (χ3n) is 5.71. The zero-order valence-electron chi connectivity index (χ0n) is 22.7. The minimum Gasteiger partial charge on any atom is -0.481 e. The molecule has 1 unspecified atom stereocenters. The van der Waals surface area contributed by atoms with Gasteiger partial charge in [0, 0.05) is 38.4 Å². The number of aliphatic carboxylic acids is 1. The standard InChI is InChI=1S/C26H46N4O7/c1-21(2)4-5-23(26(34)28-10-6-25(32)33)30-12-8-22(20-24(30)31)7-11-29(3)13-15-36-17-19-37-18-16-35-14-9-27/h8,12,20-21,23H,4-7,9-11,13-19,27H2,1-3H3,(H,28,34)(H,32,33). The minimum absolute atomic E-state index is 0.0342. The summed E-state index contributed by atoms with van der Waals surface area (Å²) in [6, 6.07) is 2.78. The highest BCUT2D eigenvalue weighted by Crippen LogP contribution is 2.17. The molecule has 0 saturated carbocycles. The molecule has 1 heterocycles. The first-order valence-corrected chi connectivity index (χ1v) is 13.1. The van der Waals surface area contributed by atoms with E-state index in [2.05, 4.69) is 24.1 Å². The van der Waals surface area contributed by atoms with Gasteiger partial charge in [0.05, 0.1) is 46.1 Å². The van der Waals surface area contributed by atoms with Gasteiger partial charge in [-0.3, -0.25) is 14.4 Å². The summed E-state index contributed by atoms with van der Waals surface area (Å²) >= 11 is 0. The molecule has 1 aromatic heterocycles. The molecule has 1 aromatic rings. The van der Waals surface area contributed by atoms with Crippen molar-refractivity contribution in [3.05, 3.63) is 34.2 Å². The monoisotopic (exact) mass is 526 g/mol. The van der Waals surface area contributed by atoms with Crippen LogP contribution < -0.4 is 16.6 Å². The predicted octanol–water partition coefficient (Wildman–Crippen LogP) is 0.899. The minimum atomic E-state index is -0.980. The van der Waals surface area contributed by atoms with Crippen molar-refractivity contribution in [2.75, 3.05) is 72.9 Å². The molecule has 0 spiro atoms. The fraction of sp³-hybridized carbons (Fsp3) is 0.731. The van der Waals surface area contributed by atoms with Crippen LogP contribution in [-0.4, -0.2) is 99.3 Å². The maximum Gasteiger partial charge on any atom is 0.305 e. The average molecular weight is 527 g/mol. The number of likely N-dealkylation sites (N-methyl/N-ethyl adjacent to an activating group) is 1. The Kier molecular flexibility index (Phi) is 17.5. The van der Waals surface area contributed by atoms with Crippen LogP contribution in [0.15, 0.2) is 23.1 Å². The number of amides is 1. The maximum atomic E-state index is 12.9. The summed E-state index contributed by atoms with van der Waals surface area (Å²) < 4.78 is 17.7. The van der Waals surface area contributed by atoms with Gasteiger partial charge in [0.15, 0.2) is 0 Å². The lowest BCUT2D eigenvalue weighted by molar-refractivity contribution is -0.137. The number of carbonyl (C=O) groups excluding carboxylic acids is 1. The molecule has 0 fully saturated rings. The number of rotatable bonds is 22. The lowest BCUT2D eigenvalue weighted by Crippen LogP contribution is -2.38. The van der Waals surface area contributed by atoms with E-state index in [1.807, 2.05) is 13.1 Å². The zero-order chi connectivity index (χ0) is 27.5. The molecule has 11 heteroatoms. The lowest BCUT2D eigenvalue weighted by atomic mass is 10.0. The van der Waals surface area contributed by atoms with E-state index in [-0.39, 0.29) is 24.4 Å². The fourth-order valence-corrected chi connectivity index (χ4v) is 3.52. The van der Waals surface area contributed by atoms with Crippen LogP contribution in [-0.2, 0) is 30.2 Å². The number of ether oxygens (including phenoxy) is 3. The van der Waals surface area contributed by atoms with Crippen LogP contribution in [0.4, 0.5) is 0 Å². The summed E-state index contributed by atoms with van der Waals surface area (Å²) in [6.07, 6.45) is 3.48. The van der Waals surface area contributed by atoms with E-state index in [0.29, 0.717) is 64.9 Å². The molecule has 212 valence electrons. The molecule has 4 N–H and O–H groups in total. The van der Waals surface area contributed by atoms with Crippen LogP contribution in [0.5, 0.6) is 0 Å². The number of pyridine rings is 1. The molecule has 0 aliphatic heterocycles. The summed E-state index contributed by atoms with van der Waals surface area (Å²) in [5, 5.41) is 11.5. The van der Waals surface area contributed by atoms with Crippen molar-refractivity contribution < 1.29 is 28.9 Å². The van der Waals surface area contributed by atoms with Crippen LogP contribution in [0.3, 0.4) is 0 Å². The van der Waals surface area contributed by atoms with Crippen LogP contribution in [0.2, 0.25) is 0 Å². The first-order valence-electron chi connectivity index (χ1n) is 13.1. The summed E-state index contributed by atoms with van der Waals surface area (Å²) in [6.45, 7) is 9.38. The summed E-state index contributed by atoms with van der Waals surface area (Å²) in [5.41, 5.74) is 6.00. The molecule has 11 nitrogen and oxygen atoms in total. The van der Waals surface area contributed by atoms with E-state index < -0.39 is 12.0 Å². The SMILES string of the molecule is CC(C)CCC(C(=O)NCCC(=O)O)n1ccc(CCN(C)CCOCCOCCOCCN)cc1=O. The van der Waals surface area contributed by atoms with E-state index >= 15 is 0 Å². The number of carboxylic acid groups (broad SMARTS) is 1. The van der Waals surface area contributed by atoms with E-state index in [0.717, 1.165) is 25.1 Å². The number of carbonyl (C=O) groups is 2. The second-order valence-electron chi connectivity index (χ2n) is 9.38. The number of carboxylic acids is 1. The number of nitrogens with one attached hydrogen (secondary N) is 1. The largest absolute Gasteiger partial charge is 0.481 e. The molecule has 0 aliphatic carbocycles. The topological polar surface area (TPSA) is 145 Å². The van der Waals surface area contributed by atoms with Crippen LogP contribution in [0, 0.1) is 5.92 Å². The molecular formula is C26H46N4O7. The van der Waals surface area contributed by atoms with Crippen LogP contribution >= 0.6 is 0 Å². The molecule has 0 saturated heterocycles. The number of nitrogens with zero attached hydrogens (tertiary/aromatic N) is 2. The first kappa shape index (κ1) is 32.7. The van der Waals surface area contributed by atoms with Gasteiger partial charge >= 0.3 is 5.97 Å². The summed E-state index contributed by atoms with van der Waals surface area (Å²) in [5.74, 6) is -0.939. The van der Waals surface area contributed by atoms with Gasteiger partial charge in [0.2, 0.25) is 5.91 Å². The Balaban J connectivity index is 2.47. The molecule has 0 bridgehead atoms. The van der Waals surface area contributed by atoms with Crippen molar-refractivity contribution >= 4 is 11.9 Å². The molecule has 0 aromatic carbocycles. The Hall–Kier alpha value is -2.31. The van der Waals surface area contributed by atoms with E-state index in [1.165, 1.54) is 4.57 Å². The Morgan fingerprint density at radius 2 is 1.70 bits per heavy atom. The molecule has 1 amide bonds. The molecule has 1 atom stereocenters. The lowest BCUT2D eigenvalue weighted by Gasteiger charge is -2.21. The number of nitrogens with two attached hydrogens (primary N) is 1. The maximum absolute atomic E-state index is 12.9. The third-order valence-corrected chi connectivity index (χ3v) is 5.71. The quantitative estimate of drug-likeness (QED) is 0.188. The Labute approximate surface area is 220 Å². The molecule has 1 rings (SSSR count). The summed E-state index contributed by atoms with van der Waals surface area (Å²) in [4.78, 5) is 38.5. The van der Waals surface area contributed by atoms with Crippen LogP contribution in [0.1, 0.15) is 44.7 Å². The molecule has 37 heavy (non-hydrogen) atoms. The van der Waals surface area contributed by atoms with Crippen LogP contribution in [0.25, 0.3) is 0 Å². The van der Waals surface area contributed by atoms with Gasteiger partial charge in [0.1, 0.15) is 6.04 Å². The Bertz CT molecular complexity index is 831. The second kappa shape index (κ2) is 19.8. The van der Waals surface area contributed by atoms with Crippen molar-refractivity contribution in [2.45, 2.75) is 45.6 Å². The molecule has 0 aliphatic rings. The van der Waals surface area contributed by atoms with Crippen molar-refractivity contribution in [2.24, 2.45) is 11.7 Å². The van der Waals surface area contributed by atoms with E-state index in [1.54, 1.807) is 12.3 Å². The van der Waals surface area contributed by atoms with E-state index in [4.69, 9.17) is 25.1 Å². The highest BCUT2D eigenvalue weighted by molar-refractivity contribution is 5.80. The Morgan fingerprint density at radius 1 is 1.05 bits per heavy atom. The van der Waals surface area contributed by atoms with Gasteiger partial charge in [-0.1, -0.05) is 13.8 Å². The fourth-order valence-electron chi connectivity index (χ4n) is 3.52. The van der Waals surface area contributed by atoms with Crippen molar-refractivity contribution in [3.63, 3.8) is 0 Å². The van der Waals surface area contributed by atoms with Gasteiger partial charge in [-0.15, -0.1) is 0 Å². The smallest absolute Gasteiger partial charge is 0.305 e. The first-order chi connectivity index (χ1) is 17.7. The number of aromatic nitrogens is 1. The van der Waals surface area contributed by atoms with Gasteiger partial charge in [-0.05, 0) is 43.9 Å². The second-order valence-corrected chi connectivity index (χ2v) is 9.38. The molecule has 0 radical (unpaired) electrons. The van der Waals surface area contributed by atoms with Gasteiger partial charge in [-0.2, -0.15) is 0 Å². The highest BCUT2D eigenvalue weighted by Gasteiger charge is 2.21. The van der Waals surface area contributed by atoms with Gasteiger partial charge in [0.25, 0.3) is 5.56 Å².